The van der Waals surface area contributed by atoms with Crippen LogP contribution in [0.3, 0.4) is 0 Å². The molecule has 1 heterocycles. The molecule has 0 bridgehead atoms. The van der Waals surface area contributed by atoms with Crippen molar-refractivity contribution in [3.8, 4) is 5.75 Å². The van der Waals surface area contributed by atoms with Crippen LogP contribution in [0, 0.1) is 5.41 Å². The van der Waals surface area contributed by atoms with Gasteiger partial charge in [-0.3, -0.25) is 9.89 Å². The van der Waals surface area contributed by atoms with Crippen LogP contribution in [-0.2, 0) is 4.74 Å². The lowest BCUT2D eigenvalue weighted by Crippen LogP contribution is -2.44. The Kier molecular flexibility index (Phi) is 10.7. The molecule has 1 aliphatic heterocycles. The quantitative estimate of drug-likeness (QED) is 0.197. The second-order valence-corrected chi connectivity index (χ2v) is 8.29. The number of hydrogen-bond acceptors (Lipinski definition) is 4. The third-order valence-corrected chi connectivity index (χ3v) is 6.34. The molecule has 6 nitrogen and oxygen atoms in total. The van der Waals surface area contributed by atoms with Crippen LogP contribution in [0.15, 0.2) is 29.3 Å². The van der Waals surface area contributed by atoms with E-state index < -0.39 is 0 Å². The molecular weight excluding hydrogens is 491 g/mol. The highest BCUT2D eigenvalue weighted by molar-refractivity contribution is 14.0. The van der Waals surface area contributed by atoms with Crippen molar-refractivity contribution < 1.29 is 9.47 Å². The standard InChI is InChI=1S/C23H38N4O2.HI/c1-4-29-16-13-23(11-12-23)18-26-22(24-2)25-17-21(27-14-5-6-15-27)19-7-9-20(28-3)10-8-19;/h7-10,21H,4-6,11-18H2,1-3H3,(H2,24,25,26);1H. The summed E-state index contributed by atoms with van der Waals surface area (Å²) in [6, 6.07) is 8.83. The summed E-state index contributed by atoms with van der Waals surface area (Å²) in [5.41, 5.74) is 1.72. The molecule has 0 spiro atoms. The minimum absolute atomic E-state index is 0. The minimum Gasteiger partial charge on any atom is -0.497 e. The minimum atomic E-state index is 0. The van der Waals surface area contributed by atoms with Gasteiger partial charge in [-0.05, 0) is 75.2 Å². The average Bonchev–Trinajstić information content (AvgIpc) is 3.31. The van der Waals surface area contributed by atoms with Gasteiger partial charge in [-0.2, -0.15) is 0 Å². The Morgan fingerprint density at radius 2 is 1.87 bits per heavy atom. The fourth-order valence-corrected chi connectivity index (χ4v) is 4.15. The molecule has 2 N–H and O–H groups in total. The van der Waals surface area contributed by atoms with Crippen molar-refractivity contribution in [3.63, 3.8) is 0 Å². The number of likely N-dealkylation sites (tertiary alicyclic amines) is 1. The van der Waals surface area contributed by atoms with Gasteiger partial charge in [0.25, 0.3) is 0 Å². The molecule has 30 heavy (non-hydrogen) atoms. The summed E-state index contributed by atoms with van der Waals surface area (Å²) in [5.74, 6) is 1.80. The third-order valence-electron chi connectivity index (χ3n) is 6.34. The molecule has 0 aromatic heterocycles. The number of benzene rings is 1. The molecule has 2 fully saturated rings. The van der Waals surface area contributed by atoms with Crippen LogP contribution in [0.1, 0.15) is 50.6 Å². The van der Waals surface area contributed by atoms with Gasteiger partial charge in [0.05, 0.1) is 13.2 Å². The normalized spacial score (nSPS) is 19.1. The van der Waals surface area contributed by atoms with Gasteiger partial charge in [0, 0.05) is 33.4 Å². The maximum atomic E-state index is 5.56. The first-order chi connectivity index (χ1) is 14.2. The number of nitrogens with zero attached hydrogens (tertiary/aromatic N) is 2. The molecule has 1 aromatic rings. The molecule has 2 aliphatic rings. The first-order valence-corrected chi connectivity index (χ1v) is 11.1. The van der Waals surface area contributed by atoms with E-state index in [-0.39, 0.29) is 24.0 Å². The maximum Gasteiger partial charge on any atom is 0.191 e. The zero-order chi connectivity index (χ0) is 20.5. The van der Waals surface area contributed by atoms with E-state index in [2.05, 4.69) is 51.7 Å². The summed E-state index contributed by atoms with van der Waals surface area (Å²) in [7, 11) is 3.57. The summed E-state index contributed by atoms with van der Waals surface area (Å²) in [5, 5.41) is 7.14. The van der Waals surface area contributed by atoms with E-state index in [1.54, 1.807) is 7.11 Å². The van der Waals surface area contributed by atoms with Crippen LogP contribution >= 0.6 is 24.0 Å². The molecule has 7 heteroatoms. The van der Waals surface area contributed by atoms with Crippen molar-refractivity contribution in [2.75, 3.05) is 53.6 Å². The summed E-state index contributed by atoms with van der Waals surface area (Å²) in [6.45, 7) is 7.85. The van der Waals surface area contributed by atoms with E-state index >= 15 is 0 Å². The van der Waals surface area contributed by atoms with E-state index in [4.69, 9.17) is 9.47 Å². The van der Waals surface area contributed by atoms with E-state index in [1.165, 1.54) is 31.2 Å². The predicted octanol–water partition coefficient (Wildman–Crippen LogP) is 3.82. The first kappa shape index (κ1) is 25.2. The third kappa shape index (κ3) is 7.27. The Morgan fingerprint density at radius 1 is 1.17 bits per heavy atom. The topological polar surface area (TPSA) is 58.1 Å². The second-order valence-electron chi connectivity index (χ2n) is 8.29. The van der Waals surface area contributed by atoms with E-state index in [9.17, 15) is 0 Å². The molecule has 0 radical (unpaired) electrons. The van der Waals surface area contributed by atoms with Crippen LogP contribution in [0.4, 0.5) is 0 Å². The number of nitrogens with one attached hydrogen (secondary N) is 2. The lowest BCUT2D eigenvalue weighted by atomic mass is 10.0. The number of aliphatic imine (C=N–C) groups is 1. The Morgan fingerprint density at radius 3 is 2.43 bits per heavy atom. The first-order valence-electron chi connectivity index (χ1n) is 11.1. The lowest BCUT2D eigenvalue weighted by Gasteiger charge is -2.29. The molecule has 1 unspecified atom stereocenters. The van der Waals surface area contributed by atoms with E-state index in [0.29, 0.717) is 11.5 Å². The second kappa shape index (κ2) is 12.7. The number of methoxy groups -OCH3 is 1. The Balaban J connectivity index is 0.00000320. The fourth-order valence-electron chi connectivity index (χ4n) is 4.15. The van der Waals surface area contributed by atoms with Crippen LogP contribution in [0.5, 0.6) is 5.75 Å². The zero-order valence-electron chi connectivity index (χ0n) is 18.8. The van der Waals surface area contributed by atoms with Gasteiger partial charge < -0.3 is 20.1 Å². The molecular formula is C23H39IN4O2. The van der Waals surface area contributed by atoms with Gasteiger partial charge in [-0.1, -0.05) is 12.1 Å². The largest absolute Gasteiger partial charge is 0.497 e. The van der Waals surface area contributed by atoms with Gasteiger partial charge in [0.2, 0.25) is 0 Å². The monoisotopic (exact) mass is 530 g/mol. The van der Waals surface area contributed by atoms with Gasteiger partial charge in [-0.15, -0.1) is 24.0 Å². The van der Waals surface area contributed by atoms with Gasteiger partial charge >= 0.3 is 0 Å². The van der Waals surface area contributed by atoms with Crippen LogP contribution < -0.4 is 15.4 Å². The highest BCUT2D eigenvalue weighted by atomic mass is 127. The summed E-state index contributed by atoms with van der Waals surface area (Å²) < 4.78 is 10.9. The number of ether oxygens (including phenoxy) is 2. The molecule has 1 aliphatic carbocycles. The SMILES string of the molecule is CCOCCC1(CNC(=NC)NCC(c2ccc(OC)cc2)N2CCCC2)CC1.I. The number of hydrogen-bond donors (Lipinski definition) is 2. The smallest absolute Gasteiger partial charge is 0.191 e. The molecule has 1 saturated heterocycles. The molecule has 3 rings (SSSR count). The van der Waals surface area contributed by atoms with Crippen molar-refractivity contribution >= 4 is 29.9 Å². The summed E-state index contributed by atoms with van der Waals surface area (Å²) >= 11 is 0. The molecule has 1 aromatic carbocycles. The summed E-state index contributed by atoms with van der Waals surface area (Å²) in [4.78, 5) is 7.04. The van der Waals surface area contributed by atoms with E-state index in [1.807, 2.05) is 7.05 Å². The van der Waals surface area contributed by atoms with Gasteiger partial charge in [-0.25, -0.2) is 0 Å². The lowest BCUT2D eigenvalue weighted by molar-refractivity contribution is 0.128. The molecule has 1 atom stereocenters. The number of guanidine groups is 1. The van der Waals surface area contributed by atoms with Gasteiger partial charge in [0.1, 0.15) is 5.75 Å². The van der Waals surface area contributed by atoms with Crippen LogP contribution in [0.25, 0.3) is 0 Å². The molecule has 1 saturated carbocycles. The Hall–Kier alpha value is -1.06. The average molecular weight is 530 g/mol. The molecule has 0 amide bonds. The highest BCUT2D eigenvalue weighted by Gasteiger charge is 2.42. The van der Waals surface area contributed by atoms with Crippen LogP contribution in [-0.4, -0.2) is 64.4 Å². The number of halogens is 1. The Labute approximate surface area is 199 Å². The fraction of sp³-hybridized carbons (Fsp3) is 0.696. The predicted molar refractivity (Wildman–Crippen MR) is 134 cm³/mol. The summed E-state index contributed by atoms with van der Waals surface area (Å²) in [6.07, 6.45) is 6.26. The van der Waals surface area contributed by atoms with Crippen molar-refractivity contribution in [1.29, 1.82) is 0 Å². The Bertz CT molecular complexity index is 643. The van der Waals surface area contributed by atoms with Crippen molar-refractivity contribution in [2.24, 2.45) is 10.4 Å². The number of rotatable bonds is 11. The maximum absolute atomic E-state index is 5.56. The van der Waals surface area contributed by atoms with Crippen molar-refractivity contribution in [1.82, 2.24) is 15.5 Å². The van der Waals surface area contributed by atoms with Crippen LogP contribution in [0.2, 0.25) is 0 Å². The van der Waals surface area contributed by atoms with Crippen molar-refractivity contribution in [2.45, 2.75) is 45.1 Å². The zero-order valence-corrected chi connectivity index (χ0v) is 21.1. The van der Waals surface area contributed by atoms with Crippen molar-refractivity contribution in [3.05, 3.63) is 29.8 Å². The van der Waals surface area contributed by atoms with E-state index in [0.717, 1.165) is 57.5 Å². The molecule has 170 valence electrons. The highest BCUT2D eigenvalue weighted by Crippen LogP contribution is 2.48. The van der Waals surface area contributed by atoms with Gasteiger partial charge in [0.15, 0.2) is 5.96 Å².